The third kappa shape index (κ3) is 2.27. The SMILES string of the molecule is COc1ccc(C)cc1NC(=O)n1nccc1N. The van der Waals surface area contributed by atoms with Crippen molar-refractivity contribution in [3.8, 4) is 5.75 Å². The molecule has 0 atom stereocenters. The van der Waals surface area contributed by atoms with E-state index in [1.807, 2.05) is 19.1 Å². The zero-order chi connectivity index (χ0) is 13.1. The number of methoxy groups -OCH3 is 1. The van der Waals surface area contributed by atoms with Gasteiger partial charge >= 0.3 is 6.03 Å². The van der Waals surface area contributed by atoms with Gasteiger partial charge in [-0.05, 0) is 24.6 Å². The number of aromatic nitrogens is 2. The van der Waals surface area contributed by atoms with Gasteiger partial charge in [0.05, 0.1) is 19.0 Å². The van der Waals surface area contributed by atoms with E-state index in [2.05, 4.69) is 10.4 Å². The summed E-state index contributed by atoms with van der Waals surface area (Å²) in [5, 5.41) is 6.53. The highest BCUT2D eigenvalue weighted by atomic mass is 16.5. The topological polar surface area (TPSA) is 82.2 Å². The van der Waals surface area contributed by atoms with Crippen LogP contribution in [0.25, 0.3) is 0 Å². The molecule has 1 aromatic heterocycles. The van der Waals surface area contributed by atoms with Gasteiger partial charge in [-0.25, -0.2) is 4.79 Å². The van der Waals surface area contributed by atoms with Gasteiger partial charge in [-0.1, -0.05) is 6.07 Å². The van der Waals surface area contributed by atoms with E-state index in [9.17, 15) is 4.79 Å². The summed E-state index contributed by atoms with van der Waals surface area (Å²) in [6.45, 7) is 1.93. The van der Waals surface area contributed by atoms with Gasteiger partial charge in [-0.15, -0.1) is 0 Å². The first-order valence-corrected chi connectivity index (χ1v) is 5.37. The minimum atomic E-state index is -0.429. The normalized spacial score (nSPS) is 10.1. The zero-order valence-electron chi connectivity index (χ0n) is 10.2. The van der Waals surface area contributed by atoms with Crippen LogP contribution in [0.5, 0.6) is 5.75 Å². The van der Waals surface area contributed by atoms with Crippen LogP contribution in [0.1, 0.15) is 5.56 Å². The predicted octanol–water partition coefficient (Wildman–Crippen LogP) is 1.86. The van der Waals surface area contributed by atoms with Crippen molar-refractivity contribution in [1.82, 2.24) is 9.78 Å². The molecule has 0 unspecified atom stereocenters. The Kier molecular flexibility index (Phi) is 3.18. The van der Waals surface area contributed by atoms with Crippen molar-refractivity contribution in [2.45, 2.75) is 6.92 Å². The van der Waals surface area contributed by atoms with Crippen molar-refractivity contribution in [2.24, 2.45) is 0 Å². The number of hydrogen-bond donors (Lipinski definition) is 2. The fourth-order valence-electron chi connectivity index (χ4n) is 1.57. The Morgan fingerprint density at radius 1 is 1.44 bits per heavy atom. The van der Waals surface area contributed by atoms with E-state index in [-0.39, 0.29) is 5.82 Å². The van der Waals surface area contributed by atoms with Crippen LogP contribution in [0.15, 0.2) is 30.5 Å². The number of benzene rings is 1. The maximum Gasteiger partial charge on any atom is 0.348 e. The number of carbonyl (C=O) groups is 1. The lowest BCUT2D eigenvalue weighted by atomic mass is 10.2. The number of nitrogen functional groups attached to an aromatic ring is 1. The number of anilines is 2. The monoisotopic (exact) mass is 246 g/mol. The summed E-state index contributed by atoms with van der Waals surface area (Å²) >= 11 is 0. The second-order valence-electron chi connectivity index (χ2n) is 3.80. The number of ether oxygens (including phenoxy) is 1. The molecule has 1 heterocycles. The van der Waals surface area contributed by atoms with Crippen LogP contribution in [0.3, 0.4) is 0 Å². The number of nitrogens with zero attached hydrogens (tertiary/aromatic N) is 2. The Hall–Kier alpha value is -2.50. The largest absolute Gasteiger partial charge is 0.495 e. The van der Waals surface area contributed by atoms with Gasteiger partial charge < -0.3 is 15.8 Å². The molecular formula is C12H14N4O2. The molecule has 2 rings (SSSR count). The fourth-order valence-corrected chi connectivity index (χ4v) is 1.57. The van der Waals surface area contributed by atoms with E-state index in [0.29, 0.717) is 11.4 Å². The molecule has 1 aromatic carbocycles. The summed E-state index contributed by atoms with van der Waals surface area (Å²) in [5.74, 6) is 0.860. The van der Waals surface area contributed by atoms with Crippen LogP contribution < -0.4 is 15.8 Å². The van der Waals surface area contributed by atoms with Gasteiger partial charge in [-0.2, -0.15) is 9.78 Å². The first-order valence-electron chi connectivity index (χ1n) is 5.37. The molecule has 1 amide bonds. The Morgan fingerprint density at radius 2 is 2.22 bits per heavy atom. The molecule has 0 bridgehead atoms. The van der Waals surface area contributed by atoms with Crippen LogP contribution >= 0.6 is 0 Å². The molecule has 6 nitrogen and oxygen atoms in total. The van der Waals surface area contributed by atoms with Crippen molar-refractivity contribution in [3.63, 3.8) is 0 Å². The van der Waals surface area contributed by atoms with Crippen molar-refractivity contribution in [3.05, 3.63) is 36.0 Å². The molecule has 2 aromatic rings. The van der Waals surface area contributed by atoms with Crippen LogP contribution in [0, 0.1) is 6.92 Å². The molecule has 0 aliphatic rings. The fraction of sp³-hybridized carbons (Fsp3) is 0.167. The number of rotatable bonds is 2. The minimum Gasteiger partial charge on any atom is -0.495 e. The van der Waals surface area contributed by atoms with E-state index >= 15 is 0 Å². The van der Waals surface area contributed by atoms with Gasteiger partial charge in [-0.3, -0.25) is 0 Å². The number of aryl methyl sites for hydroxylation is 1. The molecule has 0 saturated heterocycles. The van der Waals surface area contributed by atoms with Crippen LogP contribution in [0.4, 0.5) is 16.3 Å². The van der Waals surface area contributed by atoms with Gasteiger partial charge in [0.2, 0.25) is 0 Å². The van der Waals surface area contributed by atoms with E-state index in [4.69, 9.17) is 10.5 Å². The summed E-state index contributed by atoms with van der Waals surface area (Å²) in [4.78, 5) is 11.9. The highest BCUT2D eigenvalue weighted by Gasteiger charge is 2.11. The summed E-state index contributed by atoms with van der Waals surface area (Å²) < 4.78 is 6.26. The molecule has 0 aliphatic heterocycles. The maximum atomic E-state index is 11.9. The van der Waals surface area contributed by atoms with Crippen LogP contribution in [-0.4, -0.2) is 22.9 Å². The van der Waals surface area contributed by atoms with Crippen molar-refractivity contribution in [1.29, 1.82) is 0 Å². The second-order valence-corrected chi connectivity index (χ2v) is 3.80. The lowest BCUT2D eigenvalue weighted by Gasteiger charge is -2.11. The molecule has 0 saturated carbocycles. The third-order valence-corrected chi connectivity index (χ3v) is 2.46. The van der Waals surface area contributed by atoms with Gasteiger partial charge in [0, 0.05) is 6.07 Å². The Bertz CT molecular complexity index is 577. The summed E-state index contributed by atoms with van der Waals surface area (Å²) in [5.41, 5.74) is 7.20. The van der Waals surface area contributed by atoms with E-state index < -0.39 is 6.03 Å². The predicted molar refractivity (Wildman–Crippen MR) is 68.8 cm³/mol. The summed E-state index contributed by atoms with van der Waals surface area (Å²) in [7, 11) is 1.54. The highest BCUT2D eigenvalue weighted by Crippen LogP contribution is 2.25. The number of amides is 1. The standard InChI is InChI=1S/C12H14N4O2/c1-8-3-4-10(18-2)9(7-8)15-12(17)16-11(13)5-6-14-16/h3-7H,13H2,1-2H3,(H,15,17). The molecule has 0 spiro atoms. The molecule has 18 heavy (non-hydrogen) atoms. The lowest BCUT2D eigenvalue weighted by Crippen LogP contribution is -2.22. The number of nitrogens with two attached hydrogens (primary N) is 1. The first-order chi connectivity index (χ1) is 8.61. The van der Waals surface area contributed by atoms with Gasteiger partial charge in [0.15, 0.2) is 0 Å². The average molecular weight is 246 g/mol. The van der Waals surface area contributed by atoms with Crippen molar-refractivity contribution < 1.29 is 9.53 Å². The quantitative estimate of drug-likeness (QED) is 0.847. The summed E-state index contributed by atoms with van der Waals surface area (Å²) in [6, 6.07) is 6.62. The summed E-state index contributed by atoms with van der Waals surface area (Å²) in [6.07, 6.45) is 1.46. The van der Waals surface area contributed by atoms with Gasteiger partial charge in [0.25, 0.3) is 0 Å². The molecule has 6 heteroatoms. The molecule has 0 fully saturated rings. The second kappa shape index (κ2) is 4.79. The first kappa shape index (κ1) is 12.0. The average Bonchev–Trinajstić information content (AvgIpc) is 2.76. The Labute approximate surface area is 104 Å². The number of carbonyl (C=O) groups excluding carboxylic acids is 1. The van der Waals surface area contributed by atoms with Crippen LogP contribution in [0.2, 0.25) is 0 Å². The lowest BCUT2D eigenvalue weighted by molar-refractivity contribution is 0.251. The Balaban J connectivity index is 2.27. The molecule has 0 radical (unpaired) electrons. The number of nitrogens with one attached hydrogen (secondary N) is 1. The zero-order valence-corrected chi connectivity index (χ0v) is 10.2. The van der Waals surface area contributed by atoms with Crippen LogP contribution in [-0.2, 0) is 0 Å². The maximum absolute atomic E-state index is 11.9. The highest BCUT2D eigenvalue weighted by molar-refractivity contribution is 5.93. The smallest absolute Gasteiger partial charge is 0.348 e. The molecule has 94 valence electrons. The minimum absolute atomic E-state index is 0.277. The third-order valence-electron chi connectivity index (χ3n) is 2.46. The Morgan fingerprint density at radius 3 is 2.83 bits per heavy atom. The molecule has 0 aliphatic carbocycles. The van der Waals surface area contributed by atoms with Crippen molar-refractivity contribution >= 4 is 17.5 Å². The van der Waals surface area contributed by atoms with E-state index in [1.54, 1.807) is 19.2 Å². The molecule has 3 N–H and O–H groups in total. The number of hydrogen-bond acceptors (Lipinski definition) is 4. The molecular weight excluding hydrogens is 232 g/mol. The van der Waals surface area contributed by atoms with Crippen molar-refractivity contribution in [2.75, 3.05) is 18.2 Å². The van der Waals surface area contributed by atoms with Gasteiger partial charge in [0.1, 0.15) is 11.6 Å². The van der Waals surface area contributed by atoms with E-state index in [0.717, 1.165) is 10.2 Å². The van der Waals surface area contributed by atoms with E-state index in [1.165, 1.54) is 6.20 Å².